The third-order valence-corrected chi connectivity index (χ3v) is 2.56. The molecule has 16 heavy (non-hydrogen) atoms. The Morgan fingerprint density at radius 1 is 1.25 bits per heavy atom. The zero-order valence-corrected chi connectivity index (χ0v) is 9.08. The Morgan fingerprint density at radius 2 is 1.94 bits per heavy atom. The number of hydrogen-bond donors (Lipinski definition) is 1. The van der Waals surface area contributed by atoms with Crippen molar-refractivity contribution < 1.29 is 9.50 Å². The number of benzene rings is 1. The summed E-state index contributed by atoms with van der Waals surface area (Å²) in [7, 11) is 0. The lowest BCUT2D eigenvalue weighted by Gasteiger charge is -2.05. The van der Waals surface area contributed by atoms with Gasteiger partial charge in [0.15, 0.2) is 0 Å². The molecule has 0 radical (unpaired) electrons. The van der Waals surface area contributed by atoms with E-state index in [-0.39, 0.29) is 10.8 Å². The first-order chi connectivity index (χ1) is 7.66. The first kappa shape index (κ1) is 10.9. The molecule has 0 bridgehead atoms. The molecule has 0 unspecified atom stereocenters. The molecule has 0 aliphatic heterocycles. The van der Waals surface area contributed by atoms with Crippen LogP contribution in [0.4, 0.5) is 4.39 Å². The van der Waals surface area contributed by atoms with Crippen molar-refractivity contribution in [2.24, 2.45) is 0 Å². The smallest absolute Gasteiger partial charge is 0.145 e. The third kappa shape index (κ3) is 2.31. The van der Waals surface area contributed by atoms with Gasteiger partial charge in [0, 0.05) is 24.9 Å². The van der Waals surface area contributed by atoms with Gasteiger partial charge in [0.2, 0.25) is 0 Å². The van der Waals surface area contributed by atoms with E-state index in [1.54, 1.807) is 12.4 Å². The summed E-state index contributed by atoms with van der Waals surface area (Å²) in [6, 6.07) is 6.12. The standard InChI is InChI=1S/C12H9ClFNO/c13-10-6-9(12(16)7-11(10)14)5-8-1-3-15-4-2-8/h1-4,6-7,16H,5H2. The molecule has 2 nitrogen and oxygen atoms in total. The Hall–Kier alpha value is -1.61. The van der Waals surface area contributed by atoms with Gasteiger partial charge in [-0.15, -0.1) is 0 Å². The van der Waals surface area contributed by atoms with E-state index in [1.165, 1.54) is 6.07 Å². The molecule has 0 saturated heterocycles. The van der Waals surface area contributed by atoms with E-state index in [0.29, 0.717) is 12.0 Å². The van der Waals surface area contributed by atoms with Crippen LogP contribution in [0.2, 0.25) is 5.02 Å². The number of hydrogen-bond acceptors (Lipinski definition) is 2. The highest BCUT2D eigenvalue weighted by Crippen LogP contribution is 2.26. The van der Waals surface area contributed by atoms with Crippen molar-refractivity contribution in [1.29, 1.82) is 0 Å². The number of aromatic nitrogens is 1. The lowest BCUT2D eigenvalue weighted by atomic mass is 10.1. The van der Waals surface area contributed by atoms with Gasteiger partial charge in [0.05, 0.1) is 5.02 Å². The zero-order valence-electron chi connectivity index (χ0n) is 8.32. The van der Waals surface area contributed by atoms with E-state index < -0.39 is 5.82 Å². The molecule has 0 aliphatic carbocycles. The van der Waals surface area contributed by atoms with Crippen molar-refractivity contribution in [2.45, 2.75) is 6.42 Å². The van der Waals surface area contributed by atoms with Gasteiger partial charge in [-0.2, -0.15) is 0 Å². The number of nitrogens with zero attached hydrogens (tertiary/aromatic N) is 1. The average Bonchev–Trinajstić information content (AvgIpc) is 2.27. The summed E-state index contributed by atoms with van der Waals surface area (Å²) in [5.41, 5.74) is 1.57. The lowest BCUT2D eigenvalue weighted by molar-refractivity contribution is 0.463. The molecule has 1 N–H and O–H groups in total. The molecule has 4 heteroatoms. The molecule has 0 amide bonds. The maximum atomic E-state index is 13.0. The summed E-state index contributed by atoms with van der Waals surface area (Å²) < 4.78 is 13.0. The molecule has 0 aliphatic rings. The summed E-state index contributed by atoms with van der Waals surface area (Å²) in [6.07, 6.45) is 3.82. The van der Waals surface area contributed by atoms with Crippen LogP contribution < -0.4 is 0 Å². The predicted molar refractivity (Wildman–Crippen MR) is 60.1 cm³/mol. The van der Waals surface area contributed by atoms with Gasteiger partial charge in [-0.05, 0) is 29.3 Å². The molecule has 2 aromatic rings. The second kappa shape index (κ2) is 4.49. The van der Waals surface area contributed by atoms with Crippen LogP contribution in [0.25, 0.3) is 0 Å². The summed E-state index contributed by atoms with van der Waals surface area (Å²) in [5, 5.41) is 9.58. The van der Waals surface area contributed by atoms with Crippen molar-refractivity contribution >= 4 is 11.6 Å². The van der Waals surface area contributed by atoms with Gasteiger partial charge in [0.1, 0.15) is 11.6 Å². The number of pyridine rings is 1. The highest BCUT2D eigenvalue weighted by atomic mass is 35.5. The van der Waals surface area contributed by atoms with Gasteiger partial charge in [-0.1, -0.05) is 11.6 Å². The van der Waals surface area contributed by atoms with Crippen molar-refractivity contribution in [3.8, 4) is 5.75 Å². The molecule has 0 atom stereocenters. The van der Waals surface area contributed by atoms with Gasteiger partial charge >= 0.3 is 0 Å². The quantitative estimate of drug-likeness (QED) is 0.870. The van der Waals surface area contributed by atoms with Crippen LogP contribution in [0, 0.1) is 5.82 Å². The van der Waals surface area contributed by atoms with Crippen molar-refractivity contribution in [3.05, 3.63) is 58.6 Å². The van der Waals surface area contributed by atoms with Gasteiger partial charge in [-0.25, -0.2) is 4.39 Å². The largest absolute Gasteiger partial charge is 0.508 e. The maximum Gasteiger partial charge on any atom is 0.145 e. The SMILES string of the molecule is Oc1cc(F)c(Cl)cc1Cc1ccncc1. The van der Waals surface area contributed by atoms with Crippen LogP contribution in [0.5, 0.6) is 5.75 Å². The van der Waals surface area contributed by atoms with E-state index >= 15 is 0 Å². The molecular formula is C12H9ClFNO. The first-order valence-electron chi connectivity index (χ1n) is 4.72. The summed E-state index contributed by atoms with van der Waals surface area (Å²) >= 11 is 5.65. The van der Waals surface area contributed by atoms with Crippen LogP contribution in [0.1, 0.15) is 11.1 Å². The van der Waals surface area contributed by atoms with Crippen molar-refractivity contribution in [1.82, 2.24) is 4.98 Å². The Labute approximate surface area is 97.3 Å². The number of phenolic OH excluding ortho intramolecular Hbond substituents is 1. The molecule has 2 rings (SSSR count). The third-order valence-electron chi connectivity index (χ3n) is 2.27. The number of rotatable bonds is 2. The Bertz CT molecular complexity index is 502. The van der Waals surface area contributed by atoms with Gasteiger partial charge in [-0.3, -0.25) is 4.98 Å². The lowest BCUT2D eigenvalue weighted by Crippen LogP contribution is -1.91. The molecule has 0 saturated carbocycles. The van der Waals surface area contributed by atoms with Crippen LogP contribution in [-0.4, -0.2) is 10.1 Å². The van der Waals surface area contributed by atoms with Crippen molar-refractivity contribution in [3.63, 3.8) is 0 Å². The second-order valence-corrected chi connectivity index (χ2v) is 3.83. The van der Waals surface area contributed by atoms with E-state index in [2.05, 4.69) is 4.98 Å². The number of halogens is 2. The molecular weight excluding hydrogens is 229 g/mol. The normalized spacial score (nSPS) is 10.4. The summed E-state index contributed by atoms with van der Waals surface area (Å²) in [4.78, 5) is 3.89. The van der Waals surface area contributed by atoms with Crippen LogP contribution in [-0.2, 0) is 6.42 Å². The van der Waals surface area contributed by atoms with Crippen LogP contribution in [0.15, 0.2) is 36.7 Å². The van der Waals surface area contributed by atoms with E-state index in [1.807, 2.05) is 12.1 Å². The monoisotopic (exact) mass is 237 g/mol. The van der Waals surface area contributed by atoms with Crippen LogP contribution >= 0.6 is 11.6 Å². The average molecular weight is 238 g/mol. The fourth-order valence-electron chi connectivity index (χ4n) is 1.44. The Morgan fingerprint density at radius 3 is 2.62 bits per heavy atom. The molecule has 1 aromatic heterocycles. The Balaban J connectivity index is 2.32. The molecule has 82 valence electrons. The molecule has 0 fully saturated rings. The molecule has 0 spiro atoms. The zero-order chi connectivity index (χ0) is 11.5. The topological polar surface area (TPSA) is 33.1 Å². The van der Waals surface area contributed by atoms with E-state index in [9.17, 15) is 9.50 Å². The minimum atomic E-state index is -0.613. The number of phenols is 1. The van der Waals surface area contributed by atoms with Crippen LogP contribution in [0.3, 0.4) is 0 Å². The minimum absolute atomic E-state index is 0.0156. The van der Waals surface area contributed by atoms with Gasteiger partial charge in [0.25, 0.3) is 0 Å². The van der Waals surface area contributed by atoms with E-state index in [0.717, 1.165) is 11.6 Å². The number of aromatic hydroxyl groups is 1. The summed E-state index contributed by atoms with van der Waals surface area (Å²) in [6.45, 7) is 0. The highest BCUT2D eigenvalue weighted by molar-refractivity contribution is 6.30. The van der Waals surface area contributed by atoms with Crippen molar-refractivity contribution in [2.75, 3.05) is 0 Å². The fourth-order valence-corrected chi connectivity index (χ4v) is 1.63. The predicted octanol–water partition coefficient (Wildman–Crippen LogP) is 3.17. The van der Waals surface area contributed by atoms with Gasteiger partial charge < -0.3 is 5.11 Å². The molecule has 1 heterocycles. The van der Waals surface area contributed by atoms with E-state index in [4.69, 9.17) is 11.6 Å². The summed E-state index contributed by atoms with van der Waals surface area (Å²) in [5.74, 6) is -0.698. The minimum Gasteiger partial charge on any atom is -0.508 e. The highest BCUT2D eigenvalue weighted by Gasteiger charge is 2.08. The fraction of sp³-hybridized carbons (Fsp3) is 0.0833. The second-order valence-electron chi connectivity index (χ2n) is 3.43. The molecule has 1 aromatic carbocycles. The Kier molecular flexibility index (Phi) is 3.06. The maximum absolute atomic E-state index is 13.0. The first-order valence-corrected chi connectivity index (χ1v) is 5.10.